The van der Waals surface area contributed by atoms with Gasteiger partial charge in [-0.05, 0) is 6.42 Å². The number of carbonyl (C=O) groups is 1. The van der Waals surface area contributed by atoms with Gasteiger partial charge in [0.1, 0.15) is 0 Å². The van der Waals surface area contributed by atoms with Gasteiger partial charge in [-0.3, -0.25) is 4.79 Å². The molecule has 0 aromatic rings. The summed E-state index contributed by atoms with van der Waals surface area (Å²) in [5.74, 6) is -0.719. The summed E-state index contributed by atoms with van der Waals surface area (Å²) in [6.07, 6.45) is 0.745. The Labute approximate surface area is 59.7 Å². The summed E-state index contributed by atoms with van der Waals surface area (Å²) in [6, 6.07) is 0. The Hall–Kier alpha value is -0.990. The molecule has 3 heteroatoms. The molecule has 0 aromatic heterocycles. The number of nitrogens with one attached hydrogen (secondary N) is 1. The van der Waals surface area contributed by atoms with Gasteiger partial charge in [-0.2, -0.15) is 0 Å². The van der Waals surface area contributed by atoms with Gasteiger partial charge >= 0.3 is 5.97 Å². The molecule has 1 aliphatic rings. The van der Waals surface area contributed by atoms with Crippen molar-refractivity contribution < 1.29 is 9.90 Å². The highest BCUT2D eigenvalue weighted by atomic mass is 16.4. The van der Waals surface area contributed by atoms with E-state index in [1.807, 2.05) is 0 Å². The molecule has 10 heavy (non-hydrogen) atoms. The number of carboxylic acid groups (broad SMARTS) is 1. The van der Waals surface area contributed by atoms with Crippen LogP contribution in [0.1, 0.15) is 6.42 Å². The average molecular weight is 141 g/mol. The maximum absolute atomic E-state index is 10.3. The van der Waals surface area contributed by atoms with Crippen LogP contribution in [0.5, 0.6) is 0 Å². The highest BCUT2D eigenvalue weighted by molar-refractivity contribution is 5.74. The summed E-state index contributed by atoms with van der Waals surface area (Å²) in [4.78, 5) is 10.3. The van der Waals surface area contributed by atoms with E-state index in [9.17, 15) is 4.79 Å². The zero-order chi connectivity index (χ0) is 7.72. The third-order valence-corrected chi connectivity index (χ3v) is 1.88. The molecule has 0 aliphatic heterocycles. The van der Waals surface area contributed by atoms with Gasteiger partial charge in [-0.25, -0.2) is 0 Å². The van der Waals surface area contributed by atoms with E-state index in [1.165, 1.54) is 0 Å². The Morgan fingerprint density at radius 1 is 1.70 bits per heavy atom. The number of aliphatic carboxylic acids is 1. The first kappa shape index (κ1) is 7.12. The van der Waals surface area contributed by atoms with Gasteiger partial charge in [0.05, 0.1) is 5.92 Å². The molecule has 56 valence electrons. The van der Waals surface area contributed by atoms with E-state index in [1.54, 1.807) is 7.05 Å². The molecule has 0 radical (unpaired) electrons. The minimum absolute atomic E-state index is 0.169. The van der Waals surface area contributed by atoms with E-state index in [0.29, 0.717) is 0 Å². The number of carboxylic acids is 1. The van der Waals surface area contributed by atoms with Crippen LogP contribution >= 0.6 is 0 Å². The van der Waals surface area contributed by atoms with Crippen LogP contribution in [0.4, 0.5) is 0 Å². The maximum atomic E-state index is 10.3. The number of hydrogen-bond donors (Lipinski definition) is 2. The molecular formula is C7H11NO2. The fourth-order valence-corrected chi connectivity index (χ4v) is 1.04. The van der Waals surface area contributed by atoms with Crippen molar-refractivity contribution >= 4 is 5.97 Å². The van der Waals surface area contributed by atoms with E-state index in [0.717, 1.165) is 12.1 Å². The summed E-state index contributed by atoms with van der Waals surface area (Å²) in [5.41, 5.74) is 0.840. The predicted molar refractivity (Wildman–Crippen MR) is 37.4 cm³/mol. The van der Waals surface area contributed by atoms with Gasteiger partial charge in [-0.15, -0.1) is 0 Å². The van der Waals surface area contributed by atoms with Crippen LogP contribution in [-0.4, -0.2) is 18.1 Å². The summed E-state index contributed by atoms with van der Waals surface area (Å²) in [6.45, 7) is 3.69. The lowest BCUT2D eigenvalue weighted by molar-refractivity contribution is -0.138. The van der Waals surface area contributed by atoms with E-state index in [-0.39, 0.29) is 11.8 Å². The lowest BCUT2D eigenvalue weighted by atomic mass is 10.2. The first-order valence-corrected chi connectivity index (χ1v) is 3.26. The van der Waals surface area contributed by atoms with Crippen LogP contribution in [0.3, 0.4) is 0 Å². The summed E-state index contributed by atoms with van der Waals surface area (Å²) in [7, 11) is 1.76. The molecule has 3 nitrogen and oxygen atoms in total. The monoisotopic (exact) mass is 141 g/mol. The van der Waals surface area contributed by atoms with Crippen molar-refractivity contribution in [1.82, 2.24) is 5.32 Å². The third-order valence-electron chi connectivity index (χ3n) is 1.88. The predicted octanol–water partition coefficient (Wildman–Crippen LogP) is 0.440. The molecule has 1 rings (SSSR count). The highest BCUT2D eigenvalue weighted by Gasteiger charge is 2.44. The van der Waals surface area contributed by atoms with Crippen molar-refractivity contribution in [2.45, 2.75) is 6.42 Å². The van der Waals surface area contributed by atoms with Gasteiger partial charge in [0, 0.05) is 18.7 Å². The minimum atomic E-state index is -0.707. The number of allylic oxidation sites excluding steroid dienone is 1. The molecule has 2 atom stereocenters. The normalized spacial score (nSPS) is 29.3. The van der Waals surface area contributed by atoms with Crippen molar-refractivity contribution in [1.29, 1.82) is 0 Å². The Morgan fingerprint density at radius 2 is 2.30 bits per heavy atom. The molecule has 1 aliphatic carbocycles. The summed E-state index contributed by atoms with van der Waals surface area (Å²) in [5, 5.41) is 11.4. The quantitative estimate of drug-likeness (QED) is 0.599. The molecule has 1 fully saturated rings. The number of rotatable bonds is 3. The van der Waals surface area contributed by atoms with Crippen molar-refractivity contribution in [2.75, 3.05) is 7.05 Å². The van der Waals surface area contributed by atoms with Crippen LogP contribution < -0.4 is 5.32 Å². The van der Waals surface area contributed by atoms with Gasteiger partial charge < -0.3 is 10.4 Å². The SMILES string of the molecule is C=C(NC)C1CC1C(=O)O. The Bertz CT molecular complexity index is 176. The smallest absolute Gasteiger partial charge is 0.307 e. The van der Waals surface area contributed by atoms with E-state index in [2.05, 4.69) is 11.9 Å². The topological polar surface area (TPSA) is 49.3 Å². The van der Waals surface area contributed by atoms with Crippen molar-refractivity contribution in [2.24, 2.45) is 11.8 Å². The molecular weight excluding hydrogens is 130 g/mol. The largest absolute Gasteiger partial charge is 0.481 e. The lowest BCUT2D eigenvalue weighted by Crippen LogP contribution is -2.09. The molecule has 0 saturated heterocycles. The molecule has 0 amide bonds. The average Bonchev–Trinajstić information content (AvgIpc) is 2.64. The number of hydrogen-bond acceptors (Lipinski definition) is 2. The molecule has 2 unspecified atom stereocenters. The molecule has 0 spiro atoms. The van der Waals surface area contributed by atoms with Crippen LogP contribution in [0.25, 0.3) is 0 Å². The Morgan fingerprint density at radius 3 is 2.60 bits per heavy atom. The van der Waals surface area contributed by atoms with E-state index < -0.39 is 5.97 Å². The fraction of sp³-hybridized carbons (Fsp3) is 0.571. The molecule has 0 heterocycles. The second-order valence-electron chi connectivity index (χ2n) is 2.56. The van der Waals surface area contributed by atoms with Crippen LogP contribution in [0.2, 0.25) is 0 Å². The van der Waals surface area contributed by atoms with Crippen LogP contribution in [-0.2, 0) is 4.79 Å². The molecule has 0 aromatic carbocycles. The first-order valence-electron chi connectivity index (χ1n) is 3.26. The lowest BCUT2D eigenvalue weighted by Gasteiger charge is -1.99. The fourth-order valence-electron chi connectivity index (χ4n) is 1.04. The first-order chi connectivity index (χ1) is 4.66. The van der Waals surface area contributed by atoms with Crippen LogP contribution in [0.15, 0.2) is 12.3 Å². The third kappa shape index (κ3) is 1.12. The summed E-state index contributed by atoms with van der Waals surface area (Å²) < 4.78 is 0. The molecule has 0 bridgehead atoms. The molecule has 1 saturated carbocycles. The van der Waals surface area contributed by atoms with Gasteiger partial charge in [0.25, 0.3) is 0 Å². The second-order valence-corrected chi connectivity index (χ2v) is 2.56. The standard InChI is InChI=1S/C7H11NO2/c1-4(8-2)5-3-6(5)7(9)10/h5-6,8H,1,3H2,2H3,(H,9,10). The Balaban J connectivity index is 2.38. The second kappa shape index (κ2) is 2.33. The maximum Gasteiger partial charge on any atom is 0.307 e. The Kier molecular flexibility index (Phi) is 1.66. The van der Waals surface area contributed by atoms with Crippen molar-refractivity contribution in [3.05, 3.63) is 12.3 Å². The van der Waals surface area contributed by atoms with E-state index in [4.69, 9.17) is 5.11 Å². The highest BCUT2D eigenvalue weighted by Crippen LogP contribution is 2.42. The van der Waals surface area contributed by atoms with Gasteiger partial charge in [0.2, 0.25) is 0 Å². The zero-order valence-corrected chi connectivity index (χ0v) is 5.92. The van der Waals surface area contributed by atoms with Crippen molar-refractivity contribution in [3.63, 3.8) is 0 Å². The van der Waals surface area contributed by atoms with Gasteiger partial charge in [-0.1, -0.05) is 6.58 Å². The van der Waals surface area contributed by atoms with E-state index >= 15 is 0 Å². The van der Waals surface area contributed by atoms with Crippen LogP contribution in [0, 0.1) is 11.8 Å². The van der Waals surface area contributed by atoms with Gasteiger partial charge in [0.15, 0.2) is 0 Å². The summed E-state index contributed by atoms with van der Waals surface area (Å²) >= 11 is 0. The van der Waals surface area contributed by atoms with Crippen molar-refractivity contribution in [3.8, 4) is 0 Å². The zero-order valence-electron chi connectivity index (χ0n) is 5.92. The molecule has 2 N–H and O–H groups in total. The minimum Gasteiger partial charge on any atom is -0.481 e.